The lowest BCUT2D eigenvalue weighted by molar-refractivity contribution is 0.314. The zero-order valence-corrected chi connectivity index (χ0v) is 11.4. The third-order valence-corrected chi connectivity index (χ3v) is 3.59. The van der Waals surface area contributed by atoms with Crippen LogP contribution in [0.1, 0.15) is 0 Å². The minimum absolute atomic E-state index is 0.739. The summed E-state index contributed by atoms with van der Waals surface area (Å²) < 4.78 is 6.91. The molecule has 0 aromatic heterocycles. The molecule has 1 aliphatic heterocycles. The van der Waals surface area contributed by atoms with Crippen LogP contribution in [0.3, 0.4) is 0 Å². The van der Waals surface area contributed by atoms with Crippen LogP contribution >= 0.6 is 22.6 Å². The molecular weight excluding hydrogens is 325 g/mol. The molecule has 0 fully saturated rings. The summed E-state index contributed by atoms with van der Waals surface area (Å²) in [6, 6.07) is 16.8. The van der Waals surface area contributed by atoms with Gasteiger partial charge in [-0.3, -0.25) is 0 Å². The van der Waals surface area contributed by atoms with E-state index in [0.717, 1.165) is 24.6 Å². The highest BCUT2D eigenvalue weighted by Gasteiger charge is 2.18. The van der Waals surface area contributed by atoms with Crippen LogP contribution in [0.2, 0.25) is 0 Å². The minimum Gasteiger partial charge on any atom is -0.490 e. The number of anilines is 2. The summed E-state index contributed by atoms with van der Waals surface area (Å²) in [5.74, 6) is 0.970. The second-order valence-corrected chi connectivity index (χ2v) is 5.19. The van der Waals surface area contributed by atoms with Crippen molar-refractivity contribution < 1.29 is 4.74 Å². The SMILES string of the molecule is Ic1ccc(N2CCOc3ccccc32)cc1. The first-order valence-electron chi connectivity index (χ1n) is 5.59. The lowest BCUT2D eigenvalue weighted by atomic mass is 10.2. The van der Waals surface area contributed by atoms with E-state index in [2.05, 4.69) is 57.8 Å². The Morgan fingerprint density at radius 3 is 2.59 bits per heavy atom. The Morgan fingerprint density at radius 1 is 1.00 bits per heavy atom. The number of rotatable bonds is 1. The summed E-state index contributed by atoms with van der Waals surface area (Å²) in [4.78, 5) is 2.30. The molecule has 3 heteroatoms. The monoisotopic (exact) mass is 337 g/mol. The number of benzene rings is 2. The first-order valence-corrected chi connectivity index (χ1v) is 6.67. The molecule has 1 aliphatic rings. The lowest BCUT2D eigenvalue weighted by Crippen LogP contribution is -2.28. The molecule has 0 N–H and O–H groups in total. The number of ether oxygens (including phenoxy) is 1. The number of nitrogens with zero attached hydrogens (tertiary/aromatic N) is 1. The molecule has 1 heterocycles. The second kappa shape index (κ2) is 4.56. The molecular formula is C14H12INO. The summed E-state index contributed by atoms with van der Waals surface area (Å²) in [6.45, 7) is 1.64. The number of hydrogen-bond donors (Lipinski definition) is 0. The van der Waals surface area contributed by atoms with Gasteiger partial charge >= 0.3 is 0 Å². The molecule has 2 aromatic carbocycles. The van der Waals surface area contributed by atoms with Crippen LogP contribution in [-0.2, 0) is 0 Å². The van der Waals surface area contributed by atoms with Crippen LogP contribution in [-0.4, -0.2) is 13.2 Å². The van der Waals surface area contributed by atoms with Gasteiger partial charge in [-0.15, -0.1) is 0 Å². The van der Waals surface area contributed by atoms with Gasteiger partial charge in [0.25, 0.3) is 0 Å². The largest absolute Gasteiger partial charge is 0.490 e. The smallest absolute Gasteiger partial charge is 0.143 e. The number of fused-ring (bicyclic) bond motifs is 1. The Balaban J connectivity index is 2.03. The maximum Gasteiger partial charge on any atom is 0.143 e. The van der Waals surface area contributed by atoms with Crippen molar-refractivity contribution >= 4 is 34.0 Å². The second-order valence-electron chi connectivity index (χ2n) is 3.94. The fourth-order valence-corrected chi connectivity index (χ4v) is 2.42. The zero-order valence-electron chi connectivity index (χ0n) is 9.27. The fourth-order valence-electron chi connectivity index (χ4n) is 2.06. The van der Waals surface area contributed by atoms with Gasteiger partial charge < -0.3 is 9.64 Å². The fraction of sp³-hybridized carbons (Fsp3) is 0.143. The van der Waals surface area contributed by atoms with Gasteiger partial charge in [0, 0.05) is 9.26 Å². The van der Waals surface area contributed by atoms with E-state index in [0.29, 0.717) is 0 Å². The Morgan fingerprint density at radius 2 is 1.76 bits per heavy atom. The summed E-state index contributed by atoms with van der Waals surface area (Å²) in [7, 11) is 0. The summed E-state index contributed by atoms with van der Waals surface area (Å²) in [5.41, 5.74) is 2.38. The highest BCUT2D eigenvalue weighted by atomic mass is 127. The van der Waals surface area contributed by atoms with Gasteiger partial charge in [-0.1, -0.05) is 12.1 Å². The molecule has 0 atom stereocenters. The van der Waals surface area contributed by atoms with E-state index < -0.39 is 0 Å². The molecule has 86 valence electrons. The van der Waals surface area contributed by atoms with Crippen molar-refractivity contribution in [1.82, 2.24) is 0 Å². The van der Waals surface area contributed by atoms with E-state index in [4.69, 9.17) is 4.74 Å². The Labute approximate surface area is 114 Å². The Kier molecular flexibility index (Phi) is 2.93. The summed E-state index contributed by atoms with van der Waals surface area (Å²) >= 11 is 2.32. The van der Waals surface area contributed by atoms with Gasteiger partial charge in [-0.25, -0.2) is 0 Å². The molecule has 0 spiro atoms. The van der Waals surface area contributed by atoms with Gasteiger partial charge in [0.1, 0.15) is 12.4 Å². The van der Waals surface area contributed by atoms with Crippen molar-refractivity contribution in [1.29, 1.82) is 0 Å². The van der Waals surface area contributed by atoms with Crippen molar-refractivity contribution in [3.8, 4) is 5.75 Å². The van der Waals surface area contributed by atoms with Gasteiger partial charge in [-0.05, 0) is 59.0 Å². The van der Waals surface area contributed by atoms with E-state index in [9.17, 15) is 0 Å². The number of hydrogen-bond acceptors (Lipinski definition) is 2. The van der Waals surface area contributed by atoms with Crippen LogP contribution in [0, 0.1) is 3.57 Å². The van der Waals surface area contributed by atoms with Gasteiger partial charge in [0.15, 0.2) is 0 Å². The number of halogens is 1. The van der Waals surface area contributed by atoms with Crippen LogP contribution in [0.15, 0.2) is 48.5 Å². The molecule has 2 aromatic rings. The van der Waals surface area contributed by atoms with Crippen LogP contribution in [0.5, 0.6) is 5.75 Å². The van der Waals surface area contributed by atoms with Crippen LogP contribution in [0.25, 0.3) is 0 Å². The average Bonchev–Trinajstić information content (AvgIpc) is 2.39. The molecule has 0 bridgehead atoms. The summed E-state index contributed by atoms with van der Waals surface area (Å²) in [6.07, 6.45) is 0. The van der Waals surface area contributed by atoms with Crippen molar-refractivity contribution in [3.63, 3.8) is 0 Å². The van der Waals surface area contributed by atoms with E-state index in [1.165, 1.54) is 9.26 Å². The quantitative estimate of drug-likeness (QED) is 0.734. The molecule has 0 radical (unpaired) electrons. The molecule has 3 rings (SSSR count). The predicted molar refractivity (Wildman–Crippen MR) is 78.1 cm³/mol. The predicted octanol–water partition coefficient (Wildman–Crippen LogP) is 3.82. The molecule has 2 nitrogen and oxygen atoms in total. The van der Waals surface area contributed by atoms with Gasteiger partial charge in [0.05, 0.1) is 12.2 Å². The molecule has 17 heavy (non-hydrogen) atoms. The third-order valence-electron chi connectivity index (χ3n) is 2.87. The van der Waals surface area contributed by atoms with Crippen molar-refractivity contribution in [2.75, 3.05) is 18.1 Å². The lowest BCUT2D eigenvalue weighted by Gasteiger charge is -2.31. The molecule has 0 aliphatic carbocycles. The maximum absolute atomic E-state index is 5.66. The normalized spacial score (nSPS) is 14.1. The average molecular weight is 337 g/mol. The molecule has 0 unspecified atom stereocenters. The van der Waals surface area contributed by atoms with Gasteiger partial charge in [-0.2, -0.15) is 0 Å². The molecule has 0 amide bonds. The van der Waals surface area contributed by atoms with E-state index in [1.54, 1.807) is 0 Å². The van der Waals surface area contributed by atoms with E-state index in [1.807, 2.05) is 18.2 Å². The van der Waals surface area contributed by atoms with Crippen molar-refractivity contribution in [2.24, 2.45) is 0 Å². The third kappa shape index (κ3) is 2.11. The van der Waals surface area contributed by atoms with Gasteiger partial charge in [0.2, 0.25) is 0 Å². The summed E-state index contributed by atoms with van der Waals surface area (Å²) in [5, 5.41) is 0. The van der Waals surface area contributed by atoms with Crippen molar-refractivity contribution in [2.45, 2.75) is 0 Å². The standard InChI is InChI=1S/C14H12INO/c15-11-5-7-12(8-6-11)16-9-10-17-14-4-2-1-3-13(14)16/h1-8H,9-10H2. The maximum atomic E-state index is 5.66. The zero-order chi connectivity index (χ0) is 11.7. The Hall–Kier alpha value is -1.23. The number of para-hydroxylation sites is 2. The first-order chi connectivity index (χ1) is 8.34. The van der Waals surface area contributed by atoms with E-state index >= 15 is 0 Å². The topological polar surface area (TPSA) is 12.5 Å². The van der Waals surface area contributed by atoms with E-state index in [-0.39, 0.29) is 0 Å². The molecule has 0 saturated heterocycles. The highest BCUT2D eigenvalue weighted by molar-refractivity contribution is 14.1. The molecule has 0 saturated carbocycles. The van der Waals surface area contributed by atoms with Crippen molar-refractivity contribution in [3.05, 3.63) is 52.1 Å². The van der Waals surface area contributed by atoms with Crippen LogP contribution in [0.4, 0.5) is 11.4 Å². The highest BCUT2D eigenvalue weighted by Crippen LogP contribution is 2.36. The first kappa shape index (κ1) is 10.9. The van der Waals surface area contributed by atoms with Crippen LogP contribution < -0.4 is 9.64 Å². The Bertz CT molecular complexity index is 524. The minimum atomic E-state index is 0.739.